The van der Waals surface area contributed by atoms with E-state index in [1.54, 1.807) is 6.07 Å². The third-order valence-electron chi connectivity index (χ3n) is 3.68. The summed E-state index contributed by atoms with van der Waals surface area (Å²) in [5, 5.41) is 11.0. The quantitative estimate of drug-likeness (QED) is 0.617. The van der Waals surface area contributed by atoms with Gasteiger partial charge in [0, 0.05) is 31.0 Å². The molecule has 1 unspecified atom stereocenters. The third-order valence-corrected chi connectivity index (χ3v) is 3.68. The largest absolute Gasteiger partial charge is 0.484 e. The minimum absolute atomic E-state index is 0.00481. The van der Waals surface area contributed by atoms with Gasteiger partial charge in [0.25, 0.3) is 0 Å². The Kier molecular flexibility index (Phi) is 4.77. The van der Waals surface area contributed by atoms with Crippen molar-refractivity contribution in [3.63, 3.8) is 0 Å². The van der Waals surface area contributed by atoms with Crippen molar-refractivity contribution in [2.75, 3.05) is 13.2 Å². The number of nitro groups is 1. The number of nitro benzene ring substituents is 1. The number of carbonyl (C=O) groups excluding carboxylic acids is 1. The number of hydrogen-bond acceptors (Lipinski definition) is 4. The average Bonchev–Trinajstić information content (AvgIpc) is 2.50. The summed E-state index contributed by atoms with van der Waals surface area (Å²) in [5.41, 5.74) is 0.792. The summed E-state index contributed by atoms with van der Waals surface area (Å²) in [6, 6.07) is 4.89. The summed E-state index contributed by atoms with van der Waals surface area (Å²) in [6.07, 6.45) is 1.94. The van der Waals surface area contributed by atoms with Crippen LogP contribution in [0.5, 0.6) is 5.75 Å². The Hall–Kier alpha value is -2.11. The van der Waals surface area contributed by atoms with Crippen LogP contribution in [0.4, 0.5) is 5.69 Å². The number of ether oxygens (including phenoxy) is 1. The summed E-state index contributed by atoms with van der Waals surface area (Å²) in [6.45, 7) is 4.86. The summed E-state index contributed by atoms with van der Waals surface area (Å²) >= 11 is 0. The number of fused-ring (bicyclic) bond motifs is 1. The van der Waals surface area contributed by atoms with Gasteiger partial charge in [-0.15, -0.1) is 0 Å². The molecule has 0 radical (unpaired) electrons. The maximum absolute atomic E-state index is 12.1. The molecule has 6 nitrogen and oxygen atoms in total. The smallest absolute Gasteiger partial charge is 0.311 e. The van der Waals surface area contributed by atoms with Gasteiger partial charge in [0.15, 0.2) is 5.75 Å². The molecule has 1 atom stereocenters. The second-order valence-corrected chi connectivity index (χ2v) is 5.13. The van der Waals surface area contributed by atoms with E-state index in [9.17, 15) is 14.9 Å². The van der Waals surface area contributed by atoms with Crippen LogP contribution in [0.15, 0.2) is 18.2 Å². The summed E-state index contributed by atoms with van der Waals surface area (Å²) in [4.78, 5) is 24.5. The van der Waals surface area contributed by atoms with Crippen LogP contribution in [-0.2, 0) is 11.2 Å². The minimum atomic E-state index is -0.430. The Labute approximate surface area is 123 Å². The topological polar surface area (TPSA) is 72.7 Å². The van der Waals surface area contributed by atoms with Gasteiger partial charge in [-0.1, -0.05) is 26.0 Å². The first-order valence-corrected chi connectivity index (χ1v) is 7.27. The molecular formula is C15H20N2O4. The minimum Gasteiger partial charge on any atom is -0.484 e. The molecule has 2 rings (SSSR count). The molecule has 0 N–H and O–H groups in total. The average molecular weight is 292 g/mol. The zero-order valence-corrected chi connectivity index (χ0v) is 12.4. The molecule has 6 heteroatoms. The highest BCUT2D eigenvalue weighted by Gasteiger charge is 2.31. The molecule has 114 valence electrons. The van der Waals surface area contributed by atoms with E-state index in [1.165, 1.54) is 6.07 Å². The zero-order valence-electron chi connectivity index (χ0n) is 12.4. The number of benzene rings is 1. The van der Waals surface area contributed by atoms with Crippen molar-refractivity contribution in [2.24, 2.45) is 0 Å². The van der Waals surface area contributed by atoms with Crippen LogP contribution in [0.25, 0.3) is 0 Å². The molecule has 0 bridgehead atoms. The van der Waals surface area contributed by atoms with Gasteiger partial charge in [0.2, 0.25) is 5.91 Å². The lowest BCUT2D eigenvalue weighted by Crippen LogP contribution is -2.46. The Morgan fingerprint density at radius 2 is 2.24 bits per heavy atom. The fraction of sp³-hybridized carbons (Fsp3) is 0.533. The highest BCUT2D eigenvalue weighted by Crippen LogP contribution is 2.35. The molecule has 1 heterocycles. The molecular weight excluding hydrogens is 272 g/mol. The van der Waals surface area contributed by atoms with Crippen LogP contribution in [0, 0.1) is 10.1 Å². The molecule has 0 spiro atoms. The number of rotatable bonds is 5. The zero-order chi connectivity index (χ0) is 15.4. The van der Waals surface area contributed by atoms with E-state index >= 15 is 0 Å². The van der Waals surface area contributed by atoms with E-state index in [2.05, 4.69) is 0 Å². The van der Waals surface area contributed by atoms with Crippen LogP contribution in [0.3, 0.4) is 0 Å². The van der Waals surface area contributed by atoms with E-state index in [4.69, 9.17) is 4.74 Å². The van der Waals surface area contributed by atoms with E-state index in [-0.39, 0.29) is 17.6 Å². The van der Waals surface area contributed by atoms with Gasteiger partial charge in [-0.05, 0) is 6.42 Å². The van der Waals surface area contributed by atoms with Crippen molar-refractivity contribution in [3.05, 3.63) is 33.9 Å². The summed E-state index contributed by atoms with van der Waals surface area (Å²) in [5.74, 6) is 0.443. The second kappa shape index (κ2) is 6.56. The van der Waals surface area contributed by atoms with Crippen LogP contribution in [0.1, 0.15) is 32.3 Å². The van der Waals surface area contributed by atoms with Crippen molar-refractivity contribution in [3.8, 4) is 5.75 Å². The highest BCUT2D eigenvalue weighted by atomic mass is 16.6. The fourth-order valence-corrected chi connectivity index (χ4v) is 2.69. The predicted molar refractivity (Wildman–Crippen MR) is 78.4 cm³/mol. The van der Waals surface area contributed by atoms with E-state index in [1.807, 2.05) is 24.8 Å². The van der Waals surface area contributed by atoms with Crippen molar-refractivity contribution >= 4 is 11.6 Å². The summed E-state index contributed by atoms with van der Waals surface area (Å²) in [7, 11) is 0. The molecule has 1 aromatic carbocycles. The first-order valence-electron chi connectivity index (χ1n) is 7.27. The number of carbonyl (C=O) groups is 1. The number of hydrogen-bond donors (Lipinski definition) is 0. The molecule has 0 saturated heterocycles. The monoisotopic (exact) mass is 292 g/mol. The van der Waals surface area contributed by atoms with Gasteiger partial charge < -0.3 is 9.64 Å². The Morgan fingerprint density at radius 1 is 1.48 bits per heavy atom. The van der Waals surface area contributed by atoms with E-state index in [0.717, 1.165) is 12.0 Å². The van der Waals surface area contributed by atoms with Gasteiger partial charge in [0.1, 0.15) is 6.61 Å². The number of nitrogens with zero attached hydrogens (tertiary/aromatic N) is 2. The van der Waals surface area contributed by atoms with Crippen LogP contribution in [-0.4, -0.2) is 34.9 Å². The molecule has 1 amide bonds. The van der Waals surface area contributed by atoms with Gasteiger partial charge in [-0.25, -0.2) is 0 Å². The predicted octanol–water partition coefficient (Wildman–Crippen LogP) is 2.55. The first kappa shape index (κ1) is 15.3. The van der Waals surface area contributed by atoms with Crippen LogP contribution >= 0.6 is 0 Å². The third kappa shape index (κ3) is 3.15. The number of para-hydroxylation sites is 1. The highest BCUT2D eigenvalue weighted by molar-refractivity contribution is 5.76. The first-order chi connectivity index (χ1) is 10.1. The van der Waals surface area contributed by atoms with Gasteiger partial charge >= 0.3 is 5.69 Å². The van der Waals surface area contributed by atoms with Crippen molar-refractivity contribution in [1.82, 2.24) is 4.90 Å². The summed E-state index contributed by atoms with van der Waals surface area (Å²) < 4.78 is 5.61. The SMILES string of the molecule is CCCN(C(=O)CC)C1COc2c(cccc2[N+](=O)[O-])C1. The Balaban J connectivity index is 2.24. The fourth-order valence-electron chi connectivity index (χ4n) is 2.69. The van der Waals surface area contributed by atoms with Crippen LogP contribution in [0.2, 0.25) is 0 Å². The van der Waals surface area contributed by atoms with E-state index < -0.39 is 4.92 Å². The Bertz CT molecular complexity index is 544. The Morgan fingerprint density at radius 3 is 2.86 bits per heavy atom. The lowest BCUT2D eigenvalue weighted by molar-refractivity contribution is -0.386. The van der Waals surface area contributed by atoms with Crippen LogP contribution < -0.4 is 4.74 Å². The maximum atomic E-state index is 12.1. The maximum Gasteiger partial charge on any atom is 0.311 e. The second-order valence-electron chi connectivity index (χ2n) is 5.13. The van der Waals surface area contributed by atoms with Gasteiger partial charge in [-0.3, -0.25) is 14.9 Å². The molecule has 0 saturated carbocycles. The van der Waals surface area contributed by atoms with Crippen molar-refractivity contribution in [1.29, 1.82) is 0 Å². The van der Waals surface area contributed by atoms with Gasteiger partial charge in [0.05, 0.1) is 11.0 Å². The molecule has 21 heavy (non-hydrogen) atoms. The lowest BCUT2D eigenvalue weighted by Gasteiger charge is -2.34. The molecule has 1 aromatic rings. The molecule has 0 aliphatic carbocycles. The van der Waals surface area contributed by atoms with Crippen molar-refractivity contribution in [2.45, 2.75) is 39.2 Å². The normalized spacial score (nSPS) is 16.8. The molecule has 1 aliphatic heterocycles. The van der Waals surface area contributed by atoms with Gasteiger partial charge in [-0.2, -0.15) is 0 Å². The van der Waals surface area contributed by atoms with E-state index in [0.29, 0.717) is 31.7 Å². The molecule has 0 aromatic heterocycles. The molecule has 1 aliphatic rings. The molecule has 0 fully saturated rings. The van der Waals surface area contributed by atoms with Crippen molar-refractivity contribution < 1.29 is 14.5 Å². The lowest BCUT2D eigenvalue weighted by atomic mass is 10.00. The standard InChI is InChI=1S/C15H20N2O4/c1-3-8-16(14(18)4-2)12-9-11-6-5-7-13(17(19)20)15(11)21-10-12/h5-7,12H,3-4,8-10H2,1-2H3. The number of amides is 1.